The molecule has 1 heterocycles. The summed E-state index contributed by atoms with van der Waals surface area (Å²) in [6, 6.07) is 5.10. The van der Waals surface area contributed by atoms with Crippen molar-refractivity contribution >= 4 is 27.6 Å². The van der Waals surface area contributed by atoms with Crippen LogP contribution >= 0.6 is 15.9 Å². The van der Waals surface area contributed by atoms with E-state index in [-0.39, 0.29) is 17.1 Å². The molecule has 1 aromatic heterocycles. The second kappa shape index (κ2) is 5.23. The highest BCUT2D eigenvalue weighted by Gasteiger charge is 2.11. The molecule has 0 atom stereocenters. The van der Waals surface area contributed by atoms with Gasteiger partial charge in [0.05, 0.1) is 15.7 Å². The quantitative estimate of drug-likeness (QED) is 0.905. The van der Waals surface area contributed by atoms with Gasteiger partial charge in [-0.2, -0.15) is 0 Å². The SMILES string of the molecule is Nc1cc(C(=O)O)cnc1Oc1ccc(F)cc1Br. The molecule has 0 fully saturated rings. The van der Waals surface area contributed by atoms with Crippen molar-refractivity contribution in [1.29, 1.82) is 0 Å². The molecule has 0 aliphatic rings. The molecule has 0 amide bonds. The van der Waals surface area contributed by atoms with Crippen LogP contribution in [0.15, 0.2) is 34.9 Å². The number of nitrogens with two attached hydrogens (primary N) is 1. The summed E-state index contributed by atoms with van der Waals surface area (Å²) in [5, 5.41) is 8.78. The highest BCUT2D eigenvalue weighted by Crippen LogP contribution is 2.31. The highest BCUT2D eigenvalue weighted by atomic mass is 79.9. The van der Waals surface area contributed by atoms with E-state index in [1.54, 1.807) is 0 Å². The van der Waals surface area contributed by atoms with Gasteiger partial charge in [-0.25, -0.2) is 14.2 Å². The average Bonchev–Trinajstić information content (AvgIpc) is 2.34. The molecule has 19 heavy (non-hydrogen) atoms. The summed E-state index contributed by atoms with van der Waals surface area (Å²) in [5.74, 6) is -1.17. The van der Waals surface area contributed by atoms with Gasteiger partial charge in [0.15, 0.2) is 0 Å². The van der Waals surface area contributed by atoms with E-state index in [9.17, 15) is 9.18 Å². The number of halogens is 2. The van der Waals surface area contributed by atoms with Gasteiger partial charge in [-0.15, -0.1) is 0 Å². The third kappa shape index (κ3) is 3.00. The Morgan fingerprint density at radius 2 is 2.16 bits per heavy atom. The fourth-order valence-corrected chi connectivity index (χ4v) is 1.77. The van der Waals surface area contributed by atoms with Crippen LogP contribution in [0.1, 0.15) is 10.4 Å². The van der Waals surface area contributed by atoms with E-state index in [0.29, 0.717) is 10.2 Å². The van der Waals surface area contributed by atoms with Gasteiger partial charge in [-0.1, -0.05) is 0 Å². The summed E-state index contributed by atoms with van der Waals surface area (Å²) < 4.78 is 18.7. The van der Waals surface area contributed by atoms with Crippen LogP contribution in [0.2, 0.25) is 0 Å². The molecule has 0 aliphatic carbocycles. The van der Waals surface area contributed by atoms with Crippen LogP contribution in [0.4, 0.5) is 10.1 Å². The number of anilines is 1. The summed E-state index contributed by atoms with van der Waals surface area (Å²) in [4.78, 5) is 14.5. The van der Waals surface area contributed by atoms with Gasteiger partial charge >= 0.3 is 5.97 Å². The van der Waals surface area contributed by atoms with Gasteiger partial charge < -0.3 is 15.6 Å². The number of carbonyl (C=O) groups is 1. The predicted octanol–water partition coefficient (Wildman–Crippen LogP) is 3.06. The van der Waals surface area contributed by atoms with Crippen LogP contribution in [-0.2, 0) is 0 Å². The lowest BCUT2D eigenvalue weighted by Crippen LogP contribution is -2.02. The molecule has 98 valence electrons. The largest absolute Gasteiger partial charge is 0.478 e. The first-order chi connectivity index (χ1) is 8.97. The number of benzene rings is 1. The van der Waals surface area contributed by atoms with Gasteiger partial charge in [0.1, 0.15) is 11.6 Å². The van der Waals surface area contributed by atoms with E-state index in [2.05, 4.69) is 20.9 Å². The number of pyridine rings is 1. The molecule has 0 saturated heterocycles. The maximum absolute atomic E-state index is 12.9. The molecule has 0 radical (unpaired) electrons. The Labute approximate surface area is 116 Å². The van der Waals surface area contributed by atoms with Crippen LogP contribution in [-0.4, -0.2) is 16.1 Å². The summed E-state index contributed by atoms with van der Waals surface area (Å²) in [6.45, 7) is 0. The Bertz CT molecular complexity index is 649. The van der Waals surface area contributed by atoms with Crippen molar-refractivity contribution in [2.24, 2.45) is 0 Å². The standard InChI is InChI=1S/C12H8BrFN2O3/c13-8-4-7(14)1-2-10(8)19-11-9(15)3-6(5-16-11)12(17)18/h1-5H,15H2,(H,17,18). The van der Waals surface area contributed by atoms with Crippen molar-refractivity contribution in [3.8, 4) is 11.6 Å². The first-order valence-corrected chi connectivity index (χ1v) is 5.88. The number of aromatic carboxylic acids is 1. The molecule has 3 N–H and O–H groups in total. The van der Waals surface area contributed by atoms with E-state index < -0.39 is 11.8 Å². The molecule has 0 saturated carbocycles. The molecule has 0 unspecified atom stereocenters. The Morgan fingerprint density at radius 3 is 2.74 bits per heavy atom. The van der Waals surface area contributed by atoms with Crippen LogP contribution in [0.3, 0.4) is 0 Å². The average molecular weight is 327 g/mol. The van der Waals surface area contributed by atoms with Gasteiger partial charge in [0.2, 0.25) is 5.88 Å². The van der Waals surface area contributed by atoms with Gasteiger partial charge in [-0.05, 0) is 40.2 Å². The van der Waals surface area contributed by atoms with Crippen molar-refractivity contribution < 1.29 is 19.0 Å². The monoisotopic (exact) mass is 326 g/mol. The highest BCUT2D eigenvalue weighted by molar-refractivity contribution is 9.10. The zero-order valence-electron chi connectivity index (χ0n) is 9.43. The first kappa shape index (κ1) is 13.3. The summed E-state index contributed by atoms with van der Waals surface area (Å²) in [6.07, 6.45) is 1.13. The maximum atomic E-state index is 12.9. The van der Waals surface area contributed by atoms with E-state index >= 15 is 0 Å². The molecular formula is C12H8BrFN2O3. The Kier molecular flexibility index (Phi) is 3.66. The van der Waals surface area contributed by atoms with Crippen molar-refractivity contribution in [2.75, 3.05) is 5.73 Å². The number of ether oxygens (including phenoxy) is 1. The fraction of sp³-hybridized carbons (Fsp3) is 0. The third-order valence-corrected chi connectivity index (χ3v) is 2.85. The van der Waals surface area contributed by atoms with Crippen LogP contribution < -0.4 is 10.5 Å². The minimum absolute atomic E-state index is 0.0389. The zero-order chi connectivity index (χ0) is 14.0. The fourth-order valence-electron chi connectivity index (χ4n) is 1.33. The molecule has 1 aromatic carbocycles. The van der Waals surface area contributed by atoms with Gasteiger partial charge in [0, 0.05) is 6.20 Å². The van der Waals surface area contributed by atoms with Crippen molar-refractivity contribution in [1.82, 2.24) is 4.98 Å². The molecule has 0 spiro atoms. The summed E-state index contributed by atoms with van der Waals surface area (Å²) in [7, 11) is 0. The van der Waals surface area contributed by atoms with E-state index in [1.165, 1.54) is 24.3 Å². The summed E-state index contributed by atoms with van der Waals surface area (Å²) >= 11 is 3.14. The number of nitrogens with zero attached hydrogens (tertiary/aromatic N) is 1. The Balaban J connectivity index is 2.31. The number of carboxylic acid groups (broad SMARTS) is 1. The zero-order valence-corrected chi connectivity index (χ0v) is 11.0. The maximum Gasteiger partial charge on any atom is 0.337 e. The molecule has 5 nitrogen and oxygen atoms in total. The second-order valence-corrected chi connectivity index (χ2v) is 4.45. The Morgan fingerprint density at radius 1 is 1.42 bits per heavy atom. The van der Waals surface area contributed by atoms with Gasteiger partial charge in [-0.3, -0.25) is 0 Å². The number of hydrogen-bond acceptors (Lipinski definition) is 4. The van der Waals surface area contributed by atoms with Gasteiger partial charge in [0.25, 0.3) is 0 Å². The van der Waals surface area contributed by atoms with Crippen LogP contribution in [0.5, 0.6) is 11.6 Å². The lowest BCUT2D eigenvalue weighted by Gasteiger charge is -2.09. The smallest absolute Gasteiger partial charge is 0.337 e. The van der Waals surface area contributed by atoms with E-state index in [1.807, 2.05) is 0 Å². The lowest BCUT2D eigenvalue weighted by molar-refractivity contribution is 0.0696. The first-order valence-electron chi connectivity index (χ1n) is 5.09. The summed E-state index contributed by atoms with van der Waals surface area (Å²) in [5.41, 5.74) is 5.69. The number of aromatic nitrogens is 1. The predicted molar refractivity (Wildman–Crippen MR) is 69.8 cm³/mol. The van der Waals surface area contributed by atoms with Crippen molar-refractivity contribution in [3.63, 3.8) is 0 Å². The Hall–Kier alpha value is -2.15. The number of nitrogen functional groups attached to an aromatic ring is 1. The van der Waals surface area contributed by atoms with E-state index in [4.69, 9.17) is 15.6 Å². The van der Waals surface area contributed by atoms with Crippen LogP contribution in [0.25, 0.3) is 0 Å². The second-order valence-electron chi connectivity index (χ2n) is 3.60. The van der Waals surface area contributed by atoms with E-state index in [0.717, 1.165) is 6.20 Å². The number of hydrogen-bond donors (Lipinski definition) is 2. The minimum atomic E-state index is -1.13. The third-order valence-electron chi connectivity index (χ3n) is 2.23. The molecule has 0 bridgehead atoms. The minimum Gasteiger partial charge on any atom is -0.478 e. The van der Waals surface area contributed by atoms with Crippen molar-refractivity contribution in [3.05, 3.63) is 46.3 Å². The lowest BCUT2D eigenvalue weighted by atomic mass is 10.2. The molecule has 7 heteroatoms. The molecule has 2 rings (SSSR count). The molecule has 2 aromatic rings. The molecule has 0 aliphatic heterocycles. The number of carboxylic acids is 1. The number of rotatable bonds is 3. The normalized spacial score (nSPS) is 10.2. The molecular weight excluding hydrogens is 319 g/mol. The van der Waals surface area contributed by atoms with Crippen molar-refractivity contribution in [2.45, 2.75) is 0 Å². The van der Waals surface area contributed by atoms with Crippen LogP contribution in [0, 0.1) is 5.82 Å². The topological polar surface area (TPSA) is 85.4 Å².